The molecule has 1 heterocycles. The Bertz CT molecular complexity index is 718. The van der Waals surface area contributed by atoms with Gasteiger partial charge in [-0.2, -0.15) is 0 Å². The van der Waals surface area contributed by atoms with Crippen molar-refractivity contribution in [2.24, 2.45) is 4.99 Å². The zero-order valence-electron chi connectivity index (χ0n) is 16.7. The van der Waals surface area contributed by atoms with Gasteiger partial charge in [0.2, 0.25) is 0 Å². The molecule has 0 saturated heterocycles. The molecule has 2 aromatic rings. The number of rotatable bonds is 9. The van der Waals surface area contributed by atoms with Gasteiger partial charge in [0.1, 0.15) is 5.75 Å². The van der Waals surface area contributed by atoms with Crippen molar-refractivity contribution in [2.75, 3.05) is 19.7 Å². The molecule has 1 aromatic carbocycles. The zero-order chi connectivity index (χ0) is 18.8. The highest BCUT2D eigenvalue weighted by Gasteiger charge is 2.05. The summed E-state index contributed by atoms with van der Waals surface area (Å²) in [5.41, 5.74) is 3.44. The summed E-state index contributed by atoms with van der Waals surface area (Å²) in [5, 5.41) is 10.0. The predicted molar refractivity (Wildman–Crippen MR) is 126 cm³/mol. The minimum absolute atomic E-state index is 0. The first kappa shape index (κ1) is 23.7. The molecule has 0 aliphatic carbocycles. The molecule has 0 bridgehead atoms. The molecule has 7 heteroatoms. The maximum Gasteiger partial charge on any atom is 0.191 e. The van der Waals surface area contributed by atoms with Crippen LogP contribution in [0.15, 0.2) is 28.6 Å². The molecule has 1 aromatic heterocycles. The third-order valence-electron chi connectivity index (χ3n) is 3.85. The van der Waals surface area contributed by atoms with Gasteiger partial charge in [-0.05, 0) is 38.8 Å². The van der Waals surface area contributed by atoms with Crippen LogP contribution in [0.1, 0.15) is 42.6 Å². The Kier molecular flexibility index (Phi) is 11.3. The fourth-order valence-electron chi connectivity index (χ4n) is 2.52. The molecule has 150 valence electrons. The first-order valence-corrected chi connectivity index (χ1v) is 10.2. The quantitative estimate of drug-likeness (QED) is 0.305. The topological polar surface area (TPSA) is 58.5 Å². The first-order valence-electron chi connectivity index (χ1n) is 9.34. The Labute approximate surface area is 184 Å². The highest BCUT2D eigenvalue weighted by Crippen LogP contribution is 2.21. The summed E-state index contributed by atoms with van der Waals surface area (Å²) < 4.78 is 5.74. The fourth-order valence-corrected chi connectivity index (χ4v) is 3.30. The molecule has 5 nitrogen and oxygen atoms in total. The van der Waals surface area contributed by atoms with E-state index >= 15 is 0 Å². The molecule has 2 N–H and O–H groups in total. The Hall–Kier alpha value is -1.35. The molecular weight excluding hydrogens is 471 g/mol. The molecule has 0 fully saturated rings. The lowest BCUT2D eigenvalue weighted by Crippen LogP contribution is -2.38. The standard InChI is InChI=1S/C20H30N4OS.HI/c1-5-19-24-17(14-26-19)10-11-22-20(21-6-2)23-13-16-9-8-15(4)12-18(16)25-7-3;/h8-9,12,14H,5-7,10-11,13H2,1-4H3,(H2,21,22,23);1H. The second-order valence-electron chi connectivity index (χ2n) is 6.00. The van der Waals surface area contributed by atoms with Crippen molar-refractivity contribution < 1.29 is 4.74 Å². The number of benzene rings is 1. The van der Waals surface area contributed by atoms with Crippen LogP contribution in [0.4, 0.5) is 0 Å². The van der Waals surface area contributed by atoms with Gasteiger partial charge in [-0.1, -0.05) is 19.1 Å². The molecule has 0 atom stereocenters. The van der Waals surface area contributed by atoms with Crippen LogP contribution in [-0.4, -0.2) is 30.6 Å². The highest BCUT2D eigenvalue weighted by molar-refractivity contribution is 14.0. The maximum atomic E-state index is 5.74. The number of aromatic nitrogens is 1. The van der Waals surface area contributed by atoms with Crippen molar-refractivity contribution in [3.63, 3.8) is 0 Å². The molecule has 0 spiro atoms. The van der Waals surface area contributed by atoms with Crippen LogP contribution in [-0.2, 0) is 19.4 Å². The second-order valence-corrected chi connectivity index (χ2v) is 6.94. The van der Waals surface area contributed by atoms with E-state index in [4.69, 9.17) is 9.73 Å². The van der Waals surface area contributed by atoms with E-state index in [0.29, 0.717) is 13.2 Å². The predicted octanol–water partition coefficient (Wildman–Crippen LogP) is 4.33. The Balaban J connectivity index is 0.00000364. The largest absolute Gasteiger partial charge is 0.494 e. The number of hydrogen-bond acceptors (Lipinski definition) is 4. The number of ether oxygens (including phenoxy) is 1. The van der Waals surface area contributed by atoms with E-state index in [-0.39, 0.29) is 24.0 Å². The number of thiazole rings is 1. The Morgan fingerprint density at radius 1 is 1.22 bits per heavy atom. The fraction of sp³-hybridized carbons (Fsp3) is 0.500. The number of hydrogen-bond donors (Lipinski definition) is 2. The molecule has 2 rings (SSSR count). The van der Waals surface area contributed by atoms with Crippen molar-refractivity contribution >= 4 is 41.3 Å². The summed E-state index contributed by atoms with van der Waals surface area (Å²) in [6.45, 7) is 11.2. The summed E-state index contributed by atoms with van der Waals surface area (Å²) in [4.78, 5) is 9.31. The molecule has 0 radical (unpaired) electrons. The van der Waals surface area contributed by atoms with Crippen LogP contribution < -0.4 is 15.4 Å². The maximum absolute atomic E-state index is 5.74. The SMILES string of the molecule is CCNC(=NCc1ccc(C)cc1OCC)NCCc1csc(CC)n1.I. The van der Waals surface area contributed by atoms with Crippen molar-refractivity contribution in [1.29, 1.82) is 0 Å². The van der Waals surface area contributed by atoms with Gasteiger partial charge in [-0.25, -0.2) is 9.98 Å². The average molecular weight is 502 g/mol. The normalized spacial score (nSPS) is 11.0. The van der Waals surface area contributed by atoms with Crippen LogP contribution in [0.25, 0.3) is 0 Å². The second kappa shape index (κ2) is 12.9. The van der Waals surface area contributed by atoms with E-state index in [1.807, 2.05) is 6.92 Å². The molecular formula is C20H31IN4OS. The highest BCUT2D eigenvalue weighted by atomic mass is 127. The molecule has 0 aliphatic heterocycles. The lowest BCUT2D eigenvalue weighted by molar-refractivity contribution is 0.336. The summed E-state index contributed by atoms with van der Waals surface area (Å²) in [6.07, 6.45) is 1.90. The first-order chi connectivity index (χ1) is 12.7. The van der Waals surface area contributed by atoms with Crippen LogP contribution in [0.5, 0.6) is 5.75 Å². The summed E-state index contributed by atoms with van der Waals surface area (Å²) >= 11 is 1.73. The van der Waals surface area contributed by atoms with Crippen molar-refractivity contribution in [3.05, 3.63) is 45.4 Å². The van der Waals surface area contributed by atoms with Gasteiger partial charge in [0.15, 0.2) is 5.96 Å². The Morgan fingerprint density at radius 3 is 2.70 bits per heavy atom. The van der Waals surface area contributed by atoms with Crippen LogP contribution in [0.3, 0.4) is 0 Å². The number of aliphatic imine (C=N–C) groups is 1. The van der Waals surface area contributed by atoms with Crippen molar-refractivity contribution in [3.8, 4) is 5.75 Å². The smallest absolute Gasteiger partial charge is 0.191 e. The molecule has 0 saturated carbocycles. The van der Waals surface area contributed by atoms with E-state index < -0.39 is 0 Å². The van der Waals surface area contributed by atoms with Crippen molar-refractivity contribution in [2.45, 2.75) is 47.1 Å². The lowest BCUT2D eigenvalue weighted by Gasteiger charge is -2.13. The number of halogens is 1. The van der Waals surface area contributed by atoms with E-state index in [1.54, 1.807) is 11.3 Å². The van der Waals surface area contributed by atoms with E-state index in [0.717, 1.165) is 48.9 Å². The molecule has 27 heavy (non-hydrogen) atoms. The van der Waals surface area contributed by atoms with Crippen LogP contribution >= 0.6 is 35.3 Å². The van der Waals surface area contributed by atoms with Gasteiger partial charge in [0.25, 0.3) is 0 Å². The number of nitrogens with one attached hydrogen (secondary N) is 2. The lowest BCUT2D eigenvalue weighted by atomic mass is 10.1. The zero-order valence-corrected chi connectivity index (χ0v) is 19.8. The number of nitrogens with zero attached hydrogens (tertiary/aromatic N) is 2. The molecule has 0 amide bonds. The average Bonchev–Trinajstić information content (AvgIpc) is 3.09. The number of guanidine groups is 1. The van der Waals surface area contributed by atoms with E-state index in [9.17, 15) is 0 Å². The Morgan fingerprint density at radius 2 is 2.04 bits per heavy atom. The van der Waals surface area contributed by atoms with E-state index in [2.05, 4.69) is 60.0 Å². The van der Waals surface area contributed by atoms with Crippen molar-refractivity contribution in [1.82, 2.24) is 15.6 Å². The summed E-state index contributed by atoms with van der Waals surface area (Å²) in [6, 6.07) is 6.26. The van der Waals surface area contributed by atoms with Gasteiger partial charge < -0.3 is 15.4 Å². The third kappa shape index (κ3) is 8.04. The van der Waals surface area contributed by atoms with E-state index in [1.165, 1.54) is 10.6 Å². The van der Waals surface area contributed by atoms with Crippen LogP contribution in [0.2, 0.25) is 0 Å². The molecule has 0 unspecified atom stereocenters. The monoisotopic (exact) mass is 502 g/mol. The summed E-state index contributed by atoms with van der Waals surface area (Å²) in [7, 11) is 0. The minimum atomic E-state index is 0. The minimum Gasteiger partial charge on any atom is -0.494 e. The van der Waals surface area contributed by atoms with Gasteiger partial charge in [-0.15, -0.1) is 35.3 Å². The van der Waals surface area contributed by atoms with Gasteiger partial charge in [0, 0.05) is 30.5 Å². The summed E-state index contributed by atoms with van der Waals surface area (Å²) in [5.74, 6) is 1.74. The van der Waals surface area contributed by atoms with Crippen LogP contribution in [0, 0.1) is 6.92 Å². The van der Waals surface area contributed by atoms with Gasteiger partial charge in [0.05, 0.1) is 23.9 Å². The molecule has 0 aliphatic rings. The van der Waals surface area contributed by atoms with Gasteiger partial charge in [-0.3, -0.25) is 0 Å². The third-order valence-corrected chi connectivity index (χ3v) is 4.89. The van der Waals surface area contributed by atoms with Gasteiger partial charge >= 0.3 is 0 Å². The number of aryl methyl sites for hydroxylation is 2.